The van der Waals surface area contributed by atoms with Crippen LogP contribution in [0, 0.1) is 17.8 Å². The Morgan fingerprint density at radius 1 is 1.11 bits per heavy atom. The molecule has 0 spiro atoms. The van der Waals surface area contributed by atoms with Crippen LogP contribution in [0.4, 0.5) is 13.2 Å². The lowest BCUT2D eigenvalue weighted by atomic mass is 9.75. The zero-order chi connectivity index (χ0) is 13.2. The van der Waals surface area contributed by atoms with Crippen molar-refractivity contribution in [2.24, 2.45) is 23.5 Å². The molecule has 2 aliphatic rings. The van der Waals surface area contributed by atoms with E-state index in [1.807, 2.05) is 4.90 Å². The zero-order valence-electron chi connectivity index (χ0n) is 10.8. The number of fused-ring (bicyclic) bond motifs is 1. The van der Waals surface area contributed by atoms with Crippen LogP contribution in [0.3, 0.4) is 0 Å². The molecule has 0 bridgehead atoms. The van der Waals surface area contributed by atoms with Crippen LogP contribution in [0.2, 0.25) is 0 Å². The molecule has 106 valence electrons. The lowest BCUT2D eigenvalue weighted by molar-refractivity contribution is -0.177. The second-order valence-electron chi connectivity index (χ2n) is 5.83. The van der Waals surface area contributed by atoms with Gasteiger partial charge in [0.15, 0.2) is 0 Å². The summed E-state index contributed by atoms with van der Waals surface area (Å²) < 4.78 is 38.1. The Balaban J connectivity index is 1.87. The highest BCUT2D eigenvalue weighted by Gasteiger charge is 2.41. The second kappa shape index (κ2) is 5.78. The summed E-state index contributed by atoms with van der Waals surface area (Å²) >= 11 is 0. The van der Waals surface area contributed by atoms with E-state index in [4.69, 9.17) is 5.73 Å². The van der Waals surface area contributed by atoms with Gasteiger partial charge in [-0.1, -0.05) is 19.3 Å². The van der Waals surface area contributed by atoms with Gasteiger partial charge in [-0.3, -0.25) is 0 Å². The number of nitrogens with zero attached hydrogens (tertiary/aromatic N) is 1. The number of alkyl halides is 3. The van der Waals surface area contributed by atoms with Crippen molar-refractivity contribution in [2.75, 3.05) is 26.2 Å². The maximum atomic E-state index is 12.7. The molecule has 2 N–H and O–H groups in total. The number of nitrogens with two attached hydrogens (primary N) is 1. The van der Waals surface area contributed by atoms with Crippen LogP contribution < -0.4 is 5.73 Å². The van der Waals surface area contributed by atoms with E-state index >= 15 is 0 Å². The minimum Gasteiger partial charge on any atom is -0.330 e. The molecule has 3 atom stereocenters. The molecule has 5 heteroatoms. The van der Waals surface area contributed by atoms with Gasteiger partial charge < -0.3 is 10.6 Å². The van der Waals surface area contributed by atoms with E-state index in [0.717, 1.165) is 25.4 Å². The molecule has 1 aliphatic carbocycles. The maximum absolute atomic E-state index is 12.7. The van der Waals surface area contributed by atoms with E-state index in [1.54, 1.807) is 0 Å². The number of hydrogen-bond acceptors (Lipinski definition) is 2. The minimum absolute atomic E-state index is 0.0865. The van der Waals surface area contributed by atoms with Gasteiger partial charge in [0.1, 0.15) is 0 Å². The van der Waals surface area contributed by atoms with Crippen LogP contribution >= 0.6 is 0 Å². The summed E-state index contributed by atoms with van der Waals surface area (Å²) in [4.78, 5) is 1.98. The van der Waals surface area contributed by atoms with E-state index in [-0.39, 0.29) is 13.1 Å². The molecule has 0 radical (unpaired) electrons. The highest BCUT2D eigenvalue weighted by atomic mass is 19.4. The Morgan fingerprint density at radius 2 is 1.78 bits per heavy atom. The Hall–Kier alpha value is -0.290. The molecule has 0 aromatic carbocycles. The Kier molecular flexibility index (Phi) is 4.54. The molecule has 3 unspecified atom stereocenters. The summed E-state index contributed by atoms with van der Waals surface area (Å²) in [6.45, 7) is 1.45. The molecule has 2 fully saturated rings. The van der Waals surface area contributed by atoms with Gasteiger partial charge >= 0.3 is 6.18 Å². The maximum Gasteiger partial charge on any atom is 0.394 e. The largest absolute Gasteiger partial charge is 0.394 e. The summed E-state index contributed by atoms with van der Waals surface area (Å²) in [5.41, 5.74) is 5.26. The van der Waals surface area contributed by atoms with Gasteiger partial charge in [0.2, 0.25) is 0 Å². The quantitative estimate of drug-likeness (QED) is 0.849. The average Bonchev–Trinajstić information content (AvgIpc) is 2.34. The summed E-state index contributed by atoms with van der Waals surface area (Å²) in [5.74, 6) is 0.0222. The first-order valence-corrected chi connectivity index (χ1v) is 7.00. The number of rotatable bonds is 3. The van der Waals surface area contributed by atoms with Crippen LogP contribution in [0.1, 0.15) is 32.1 Å². The van der Waals surface area contributed by atoms with Gasteiger partial charge in [-0.05, 0) is 31.2 Å². The monoisotopic (exact) mass is 264 g/mol. The highest BCUT2D eigenvalue weighted by molar-refractivity contribution is 4.85. The summed E-state index contributed by atoms with van der Waals surface area (Å²) in [5, 5.41) is 0. The lowest BCUT2D eigenvalue weighted by Crippen LogP contribution is -2.47. The van der Waals surface area contributed by atoms with Gasteiger partial charge in [-0.25, -0.2) is 0 Å². The Bertz CT molecular complexity index is 267. The van der Waals surface area contributed by atoms with Gasteiger partial charge in [0.05, 0.1) is 5.92 Å². The van der Waals surface area contributed by atoms with Crippen LogP contribution in [-0.4, -0.2) is 37.3 Å². The molecule has 0 aromatic heterocycles. The molecule has 1 saturated carbocycles. The first kappa shape index (κ1) is 14.1. The molecule has 1 heterocycles. The Labute approximate surface area is 107 Å². The van der Waals surface area contributed by atoms with Crippen molar-refractivity contribution in [3.8, 4) is 0 Å². The molecule has 1 saturated heterocycles. The molecule has 2 nitrogen and oxygen atoms in total. The smallest absolute Gasteiger partial charge is 0.330 e. The van der Waals surface area contributed by atoms with Crippen molar-refractivity contribution in [2.45, 2.75) is 38.3 Å². The molecule has 0 amide bonds. The number of hydrogen-bond donors (Lipinski definition) is 1. The van der Waals surface area contributed by atoms with E-state index in [0.29, 0.717) is 5.92 Å². The van der Waals surface area contributed by atoms with Crippen molar-refractivity contribution < 1.29 is 13.2 Å². The molecular weight excluding hydrogens is 241 g/mol. The van der Waals surface area contributed by atoms with Gasteiger partial charge in [0, 0.05) is 19.6 Å². The topological polar surface area (TPSA) is 29.3 Å². The Morgan fingerprint density at radius 3 is 2.39 bits per heavy atom. The summed E-state index contributed by atoms with van der Waals surface area (Å²) in [6.07, 6.45) is 1.93. The predicted octanol–water partition coefficient (Wildman–Crippen LogP) is 2.64. The molecule has 0 aromatic rings. The van der Waals surface area contributed by atoms with Crippen molar-refractivity contribution in [1.29, 1.82) is 0 Å². The van der Waals surface area contributed by atoms with Crippen molar-refractivity contribution in [1.82, 2.24) is 4.90 Å². The first-order chi connectivity index (χ1) is 8.50. The number of piperidine rings is 1. The van der Waals surface area contributed by atoms with Gasteiger partial charge in [-0.2, -0.15) is 13.2 Å². The normalized spacial score (nSPS) is 32.0. The van der Waals surface area contributed by atoms with Crippen LogP contribution in [-0.2, 0) is 0 Å². The first-order valence-electron chi connectivity index (χ1n) is 7.00. The fourth-order valence-corrected chi connectivity index (χ4v) is 3.47. The number of halogens is 3. The molecular formula is C13H23F3N2. The third-order valence-corrected chi connectivity index (χ3v) is 4.60. The SMILES string of the molecule is NCC(CN1CCC2CCCCC2C1)C(F)(F)F. The molecule has 2 rings (SSSR count). The van der Waals surface area contributed by atoms with E-state index in [9.17, 15) is 13.2 Å². The standard InChI is InChI=1S/C13H23F3N2/c14-13(15,16)12(7-17)9-18-6-5-10-3-1-2-4-11(10)8-18/h10-12H,1-9,17H2. The predicted molar refractivity (Wildman–Crippen MR) is 65.1 cm³/mol. The minimum atomic E-state index is -4.15. The fourth-order valence-electron chi connectivity index (χ4n) is 3.47. The van der Waals surface area contributed by atoms with Crippen molar-refractivity contribution >= 4 is 0 Å². The fraction of sp³-hybridized carbons (Fsp3) is 1.00. The van der Waals surface area contributed by atoms with Crippen molar-refractivity contribution in [3.05, 3.63) is 0 Å². The van der Waals surface area contributed by atoms with Gasteiger partial charge in [0.25, 0.3) is 0 Å². The third kappa shape index (κ3) is 3.38. The number of likely N-dealkylation sites (tertiary alicyclic amines) is 1. The zero-order valence-corrected chi connectivity index (χ0v) is 10.8. The summed E-state index contributed by atoms with van der Waals surface area (Å²) in [7, 11) is 0. The van der Waals surface area contributed by atoms with E-state index in [2.05, 4.69) is 0 Å². The molecule has 1 aliphatic heterocycles. The lowest BCUT2D eigenvalue weighted by Gasteiger charge is -2.42. The van der Waals surface area contributed by atoms with Crippen LogP contribution in [0.15, 0.2) is 0 Å². The average molecular weight is 264 g/mol. The molecule has 18 heavy (non-hydrogen) atoms. The van der Waals surface area contributed by atoms with E-state index in [1.165, 1.54) is 25.7 Å². The second-order valence-corrected chi connectivity index (χ2v) is 5.83. The highest BCUT2D eigenvalue weighted by Crippen LogP contribution is 2.37. The van der Waals surface area contributed by atoms with Crippen LogP contribution in [0.5, 0.6) is 0 Å². The van der Waals surface area contributed by atoms with E-state index < -0.39 is 12.1 Å². The summed E-state index contributed by atoms with van der Waals surface area (Å²) in [6, 6.07) is 0. The van der Waals surface area contributed by atoms with Gasteiger partial charge in [-0.15, -0.1) is 0 Å². The van der Waals surface area contributed by atoms with Crippen LogP contribution in [0.25, 0.3) is 0 Å². The third-order valence-electron chi connectivity index (χ3n) is 4.60. The van der Waals surface area contributed by atoms with Crippen molar-refractivity contribution in [3.63, 3.8) is 0 Å².